The molecule has 31 heavy (non-hydrogen) atoms. The van der Waals surface area contributed by atoms with Crippen LogP contribution in [-0.4, -0.2) is 19.4 Å². The topological polar surface area (TPSA) is 43.1 Å². The summed E-state index contributed by atoms with van der Waals surface area (Å²) < 4.78 is 2.23. The predicted molar refractivity (Wildman–Crippen MR) is 129 cm³/mol. The Balaban J connectivity index is 1.93. The zero-order chi connectivity index (χ0) is 22.7. The minimum atomic E-state index is -0.0793. The van der Waals surface area contributed by atoms with Crippen LogP contribution in [0.3, 0.4) is 0 Å². The third-order valence-electron chi connectivity index (χ3n) is 8.74. The fourth-order valence-corrected chi connectivity index (χ4v) is 5.63. The smallest absolute Gasteiger partial charge is 0.148 e. The van der Waals surface area contributed by atoms with Crippen LogP contribution in [0.2, 0.25) is 0 Å². The van der Waals surface area contributed by atoms with Gasteiger partial charge in [0.25, 0.3) is 0 Å². The summed E-state index contributed by atoms with van der Waals surface area (Å²) in [7, 11) is 0. The van der Waals surface area contributed by atoms with Crippen molar-refractivity contribution in [2.24, 2.45) is 5.41 Å². The van der Waals surface area contributed by atoms with Crippen molar-refractivity contribution in [1.82, 2.24) is 19.4 Å². The molecule has 0 aliphatic heterocycles. The van der Waals surface area contributed by atoms with E-state index < -0.39 is 0 Å². The van der Waals surface area contributed by atoms with Gasteiger partial charge in [-0.3, -0.25) is 9.38 Å². The molecule has 1 aromatic carbocycles. The van der Waals surface area contributed by atoms with Crippen molar-refractivity contribution >= 4 is 27.6 Å². The Morgan fingerprint density at radius 1 is 0.871 bits per heavy atom. The zero-order valence-electron chi connectivity index (χ0n) is 20.6. The van der Waals surface area contributed by atoms with Crippen molar-refractivity contribution in [3.8, 4) is 0 Å². The van der Waals surface area contributed by atoms with Crippen LogP contribution in [0.4, 0.5) is 0 Å². The highest BCUT2D eigenvalue weighted by molar-refractivity contribution is 5.98. The standard InChI is InChI=1S/C27H34N4/c1-15-29-21-16(11-12-28-22(21)24(2,3)4)23-30-19-13-17-18(14-20(19)31(15)23)26(7,8)27(9,10)25(17,5)6/h11-14H,1-10H3. The van der Waals surface area contributed by atoms with Gasteiger partial charge < -0.3 is 0 Å². The van der Waals surface area contributed by atoms with E-state index in [0.717, 1.165) is 39.1 Å². The van der Waals surface area contributed by atoms with Gasteiger partial charge in [0.15, 0.2) is 0 Å². The van der Waals surface area contributed by atoms with Crippen LogP contribution in [0.5, 0.6) is 0 Å². The molecule has 5 rings (SSSR count). The third-order valence-corrected chi connectivity index (χ3v) is 8.74. The van der Waals surface area contributed by atoms with Crippen LogP contribution >= 0.6 is 0 Å². The molecular formula is C27H34N4. The summed E-state index contributed by atoms with van der Waals surface area (Å²) in [6, 6.07) is 6.78. The first kappa shape index (κ1) is 20.4. The van der Waals surface area contributed by atoms with E-state index in [0.29, 0.717) is 0 Å². The summed E-state index contributed by atoms with van der Waals surface area (Å²) >= 11 is 0. The lowest BCUT2D eigenvalue weighted by molar-refractivity contribution is 0.125. The van der Waals surface area contributed by atoms with Crippen molar-refractivity contribution in [3.05, 3.63) is 47.0 Å². The number of hydrogen-bond acceptors (Lipinski definition) is 3. The van der Waals surface area contributed by atoms with Crippen molar-refractivity contribution < 1.29 is 0 Å². The second-order valence-electron chi connectivity index (χ2n) is 12.0. The highest BCUT2D eigenvalue weighted by Gasteiger charge is 2.56. The Morgan fingerprint density at radius 3 is 2.10 bits per heavy atom. The fraction of sp³-hybridized carbons (Fsp3) is 0.519. The molecule has 0 unspecified atom stereocenters. The summed E-state index contributed by atoms with van der Waals surface area (Å²) in [5.41, 5.74) is 8.19. The van der Waals surface area contributed by atoms with Crippen LogP contribution in [-0.2, 0) is 16.2 Å². The Bertz CT molecular complexity index is 1390. The number of imidazole rings is 1. The Hall–Kier alpha value is -2.49. The van der Waals surface area contributed by atoms with Crippen molar-refractivity contribution in [2.45, 2.75) is 85.5 Å². The molecule has 0 saturated carbocycles. The molecule has 0 amide bonds. The van der Waals surface area contributed by atoms with E-state index in [1.807, 2.05) is 6.20 Å². The van der Waals surface area contributed by atoms with E-state index in [4.69, 9.17) is 9.97 Å². The molecule has 4 nitrogen and oxygen atoms in total. The van der Waals surface area contributed by atoms with Crippen molar-refractivity contribution in [1.29, 1.82) is 0 Å². The highest BCUT2D eigenvalue weighted by atomic mass is 15.1. The second-order valence-corrected chi connectivity index (χ2v) is 12.0. The number of aryl methyl sites for hydroxylation is 1. The normalized spacial score (nSPS) is 19.4. The van der Waals surface area contributed by atoms with Gasteiger partial charge >= 0.3 is 0 Å². The molecule has 0 radical (unpaired) electrons. The first-order valence-corrected chi connectivity index (χ1v) is 11.3. The summed E-state index contributed by atoms with van der Waals surface area (Å²) in [4.78, 5) is 14.9. The molecule has 162 valence electrons. The largest absolute Gasteiger partial charge is 0.280 e. The van der Waals surface area contributed by atoms with Gasteiger partial charge in [0.1, 0.15) is 11.5 Å². The van der Waals surface area contributed by atoms with Gasteiger partial charge in [-0.05, 0) is 52.5 Å². The molecule has 0 fully saturated rings. The van der Waals surface area contributed by atoms with Gasteiger partial charge in [-0.2, -0.15) is 0 Å². The fourth-order valence-electron chi connectivity index (χ4n) is 5.63. The Labute approximate surface area is 185 Å². The van der Waals surface area contributed by atoms with Crippen LogP contribution in [0, 0.1) is 12.3 Å². The summed E-state index contributed by atoms with van der Waals surface area (Å²) in [5, 5.41) is 1.07. The molecular weight excluding hydrogens is 380 g/mol. The number of nitrogens with zero attached hydrogens (tertiary/aromatic N) is 4. The minimum absolute atomic E-state index is 0.0612. The summed E-state index contributed by atoms with van der Waals surface area (Å²) in [5.74, 6) is 0.956. The van der Waals surface area contributed by atoms with Gasteiger partial charge in [0, 0.05) is 17.0 Å². The first-order chi connectivity index (χ1) is 14.2. The molecule has 0 saturated heterocycles. The molecule has 3 heterocycles. The number of rotatable bonds is 0. The van der Waals surface area contributed by atoms with E-state index in [9.17, 15) is 0 Å². The van der Waals surface area contributed by atoms with E-state index in [-0.39, 0.29) is 21.7 Å². The van der Waals surface area contributed by atoms with Crippen molar-refractivity contribution in [2.75, 3.05) is 0 Å². The van der Waals surface area contributed by atoms with Gasteiger partial charge in [0.05, 0.1) is 22.2 Å². The van der Waals surface area contributed by atoms with Crippen molar-refractivity contribution in [3.63, 3.8) is 0 Å². The summed E-state index contributed by atoms with van der Waals surface area (Å²) in [6.07, 6.45) is 1.90. The average molecular weight is 415 g/mol. The molecule has 0 bridgehead atoms. The summed E-state index contributed by atoms with van der Waals surface area (Å²) in [6.45, 7) is 23.0. The lowest BCUT2D eigenvalue weighted by Gasteiger charge is -2.44. The van der Waals surface area contributed by atoms with E-state index >= 15 is 0 Å². The van der Waals surface area contributed by atoms with Gasteiger partial charge in [-0.25, -0.2) is 9.97 Å². The van der Waals surface area contributed by atoms with Gasteiger partial charge in [0.2, 0.25) is 0 Å². The lowest BCUT2D eigenvalue weighted by Crippen LogP contribution is -2.42. The monoisotopic (exact) mass is 414 g/mol. The molecule has 4 aromatic rings. The Morgan fingerprint density at radius 2 is 1.48 bits per heavy atom. The SMILES string of the molecule is Cc1nc2c(C(C)(C)C)nccc2c2nc3cc4c(cc3n12)C(C)(C)C(C)(C)C4(C)C. The molecule has 3 aromatic heterocycles. The van der Waals surface area contributed by atoms with E-state index in [1.165, 1.54) is 11.1 Å². The van der Waals surface area contributed by atoms with Gasteiger partial charge in [-0.15, -0.1) is 0 Å². The van der Waals surface area contributed by atoms with Crippen LogP contribution in [0.15, 0.2) is 24.4 Å². The van der Waals surface area contributed by atoms with Gasteiger partial charge in [-0.1, -0.05) is 62.3 Å². The molecule has 1 aliphatic carbocycles. The Kier molecular flexibility index (Phi) is 3.72. The molecule has 0 N–H and O–H groups in total. The van der Waals surface area contributed by atoms with E-state index in [2.05, 4.69) is 96.8 Å². The molecule has 0 spiro atoms. The molecule has 0 atom stereocenters. The average Bonchev–Trinajstić information content (AvgIpc) is 3.08. The maximum Gasteiger partial charge on any atom is 0.148 e. The van der Waals surface area contributed by atoms with E-state index in [1.54, 1.807) is 0 Å². The zero-order valence-corrected chi connectivity index (χ0v) is 20.6. The quantitative estimate of drug-likeness (QED) is 0.324. The van der Waals surface area contributed by atoms with Crippen LogP contribution in [0.1, 0.15) is 85.0 Å². The lowest BCUT2D eigenvalue weighted by atomic mass is 9.59. The first-order valence-electron chi connectivity index (χ1n) is 11.3. The number of hydrogen-bond donors (Lipinski definition) is 0. The maximum absolute atomic E-state index is 5.16. The van der Waals surface area contributed by atoms with Crippen LogP contribution < -0.4 is 0 Å². The number of pyridine rings is 1. The molecule has 4 heteroatoms. The number of benzene rings is 1. The number of aromatic nitrogens is 4. The highest BCUT2D eigenvalue weighted by Crippen LogP contribution is 2.61. The number of fused-ring (bicyclic) bond motifs is 6. The minimum Gasteiger partial charge on any atom is -0.280 e. The van der Waals surface area contributed by atoms with Crippen LogP contribution in [0.25, 0.3) is 27.6 Å². The second kappa shape index (κ2) is 5.65. The third kappa shape index (κ3) is 2.34. The molecule has 1 aliphatic rings. The predicted octanol–water partition coefficient (Wildman–Crippen LogP) is 6.63. The maximum atomic E-state index is 5.16.